The number of ether oxygens (including phenoxy) is 2. The number of rotatable bonds is 22. The average Bonchev–Trinajstić information content (AvgIpc) is 2.67. The van der Waals surface area contributed by atoms with Crippen molar-refractivity contribution in [2.45, 2.75) is 64.6 Å². The molecule has 10 heteroatoms. The van der Waals surface area contributed by atoms with Gasteiger partial charge < -0.3 is 19.7 Å². The minimum atomic E-state index is -0.776. The number of hydrogen-bond donors (Lipinski definition) is 2. The molecule has 0 bridgehead atoms. The molecule has 422 valence electrons. The zero-order valence-electron chi connectivity index (χ0n) is 47.9. The summed E-state index contributed by atoms with van der Waals surface area (Å²) in [6.45, 7) is 2.22. The first kappa shape index (κ1) is 55.9. The van der Waals surface area contributed by atoms with Crippen LogP contribution in [-0.4, -0.2) is 46.4 Å². The summed E-state index contributed by atoms with van der Waals surface area (Å²) in [7, 11) is 0. The topological polar surface area (TPSA) is 136 Å². The second kappa shape index (κ2) is 26.8. The number of nitrogens with zero attached hydrogens (tertiary/aromatic N) is 6. The molecule has 10 nitrogen and oxygen atoms in total. The lowest BCUT2D eigenvalue weighted by Gasteiger charge is -2.21. The number of benzene rings is 10. The Hall–Kier alpha value is -10.6. The van der Waals surface area contributed by atoms with Gasteiger partial charge in [0.15, 0.2) is 34.9 Å². The van der Waals surface area contributed by atoms with Crippen molar-refractivity contribution in [3.8, 4) is 136 Å². The van der Waals surface area contributed by atoms with E-state index in [9.17, 15) is 10.2 Å². The van der Waals surface area contributed by atoms with Crippen molar-refractivity contribution >= 4 is 0 Å². The third-order valence-corrected chi connectivity index (χ3v) is 15.3. The molecule has 0 saturated heterocycles. The minimum Gasteiger partial charge on any atom is -0.507 e. The summed E-state index contributed by atoms with van der Waals surface area (Å²) in [6.07, 6.45) is 7.51. The van der Waals surface area contributed by atoms with E-state index in [0.717, 1.165) is 86.0 Å². The van der Waals surface area contributed by atoms with Crippen LogP contribution in [0.4, 0.5) is 0 Å². The summed E-state index contributed by atoms with van der Waals surface area (Å²) in [4.78, 5) is 29.9. The van der Waals surface area contributed by atoms with Gasteiger partial charge in [-0.05, 0) is 75.2 Å². The summed E-state index contributed by atoms with van der Waals surface area (Å²) in [6, 6.07) is 83.8. The molecule has 0 aliphatic heterocycles. The fourth-order valence-electron chi connectivity index (χ4n) is 10.5. The molecule has 12 aromatic rings. The van der Waals surface area contributed by atoms with E-state index in [-0.39, 0.29) is 11.5 Å². The van der Waals surface area contributed by atoms with Crippen molar-refractivity contribution < 1.29 is 19.7 Å². The summed E-state index contributed by atoms with van der Waals surface area (Å²) in [5.74, 6) is 3.11. The number of hydrogen-bond acceptors (Lipinski definition) is 10. The lowest BCUT2D eigenvalue weighted by Crippen LogP contribution is -2.24. The Labute approximate surface area is 502 Å². The van der Waals surface area contributed by atoms with Crippen LogP contribution < -0.4 is 9.47 Å². The lowest BCUT2D eigenvalue weighted by atomic mass is 10.0. The first-order valence-corrected chi connectivity index (χ1v) is 29.5. The molecule has 2 N–H and O–H groups in total. The maximum atomic E-state index is 11.9. The number of aromatic nitrogens is 6. The molecule has 0 amide bonds. The Morgan fingerprint density at radius 2 is 0.535 bits per heavy atom. The maximum absolute atomic E-state index is 11.9. The molecule has 0 unspecified atom stereocenters. The fourth-order valence-corrected chi connectivity index (χ4v) is 10.5. The second-order valence-electron chi connectivity index (χ2n) is 21.3. The smallest absolute Gasteiger partial charge is 0.241 e. The fraction of sp³-hybridized carbons (Fsp3) is 0.132. The van der Waals surface area contributed by atoms with Gasteiger partial charge in [-0.25, -0.2) is 29.9 Å². The molecule has 0 spiro atoms. The molecule has 86 heavy (non-hydrogen) atoms. The monoisotopic (exact) mass is 1120 g/mol. The number of phenolic OH excluding ortho intramolecular Hbond substituents is 2. The van der Waals surface area contributed by atoms with E-state index in [0.29, 0.717) is 64.0 Å². The second-order valence-corrected chi connectivity index (χ2v) is 21.3. The van der Waals surface area contributed by atoms with Crippen molar-refractivity contribution in [1.29, 1.82) is 0 Å². The van der Waals surface area contributed by atoms with Crippen molar-refractivity contribution in [2.24, 2.45) is 0 Å². The molecule has 0 radical (unpaired) electrons. The van der Waals surface area contributed by atoms with Gasteiger partial charge >= 0.3 is 0 Å². The van der Waals surface area contributed by atoms with Crippen LogP contribution in [-0.2, 0) is 0 Å². The van der Waals surface area contributed by atoms with Gasteiger partial charge in [-0.1, -0.05) is 264 Å². The zero-order chi connectivity index (χ0) is 58.4. The Kier molecular flexibility index (Phi) is 17.4. The van der Waals surface area contributed by atoms with Gasteiger partial charge in [0.1, 0.15) is 23.0 Å². The van der Waals surface area contributed by atoms with Crippen LogP contribution in [0.15, 0.2) is 255 Å². The average molecular weight is 1130 g/mol. The van der Waals surface area contributed by atoms with Gasteiger partial charge in [0.05, 0.1) is 11.1 Å². The molecule has 0 aliphatic rings. The predicted molar refractivity (Wildman–Crippen MR) is 345 cm³/mol. The van der Waals surface area contributed by atoms with Crippen LogP contribution >= 0.6 is 0 Å². The Balaban J connectivity index is 0.832. The van der Waals surface area contributed by atoms with E-state index in [1.165, 1.54) is 25.7 Å². The Morgan fingerprint density at radius 1 is 0.279 bits per heavy atom. The van der Waals surface area contributed by atoms with E-state index in [2.05, 4.69) is 104 Å². The van der Waals surface area contributed by atoms with E-state index < -0.39 is 6.29 Å². The highest BCUT2D eigenvalue weighted by Gasteiger charge is 2.21. The van der Waals surface area contributed by atoms with Crippen LogP contribution in [0.2, 0.25) is 0 Å². The van der Waals surface area contributed by atoms with Crippen molar-refractivity contribution in [1.82, 2.24) is 29.9 Å². The van der Waals surface area contributed by atoms with Crippen LogP contribution in [0.5, 0.6) is 23.0 Å². The van der Waals surface area contributed by atoms with Crippen molar-refractivity contribution in [2.75, 3.05) is 0 Å². The summed E-state index contributed by atoms with van der Waals surface area (Å²) < 4.78 is 13.2. The van der Waals surface area contributed by atoms with Gasteiger partial charge in [-0.15, -0.1) is 0 Å². The minimum absolute atomic E-state index is 0.0727. The summed E-state index contributed by atoms with van der Waals surface area (Å²) >= 11 is 0. The van der Waals surface area contributed by atoms with E-state index >= 15 is 0 Å². The van der Waals surface area contributed by atoms with Crippen molar-refractivity contribution in [3.05, 3.63) is 255 Å². The third-order valence-electron chi connectivity index (χ3n) is 15.3. The molecule has 12 rings (SSSR count). The molecule has 0 atom stereocenters. The third kappa shape index (κ3) is 13.6. The van der Waals surface area contributed by atoms with Gasteiger partial charge in [-0.3, -0.25) is 0 Å². The molecule has 10 aromatic carbocycles. The molecule has 0 saturated carbocycles. The molecule has 0 fully saturated rings. The highest BCUT2D eigenvalue weighted by Crippen LogP contribution is 2.38. The first-order chi connectivity index (χ1) is 42.4. The quantitative estimate of drug-likeness (QED) is 0.0499. The van der Waals surface area contributed by atoms with Crippen LogP contribution in [0, 0.1) is 0 Å². The first-order valence-electron chi connectivity index (χ1n) is 29.5. The number of aromatic hydroxyl groups is 2. The predicted octanol–water partition coefficient (Wildman–Crippen LogP) is 19.1. The Bertz CT molecular complexity index is 3710. The zero-order valence-corrected chi connectivity index (χ0v) is 47.9. The van der Waals surface area contributed by atoms with Crippen molar-refractivity contribution in [3.63, 3.8) is 0 Å². The van der Waals surface area contributed by atoms with Crippen LogP contribution in [0.25, 0.3) is 113 Å². The normalized spacial score (nSPS) is 11.2. The highest BCUT2D eigenvalue weighted by atomic mass is 16.7. The number of phenols is 2. The van der Waals surface area contributed by atoms with Crippen LogP contribution in [0.3, 0.4) is 0 Å². The molecule has 2 aromatic heterocycles. The standard InChI is InChI=1S/C76H64N6O4/c1-2-3-4-5-6-7-20-29-70(85-64-46-48-66(68(83)50-64)75-79-71(60-38-30-56(31-39-60)52-21-12-8-13-22-52)77-72(80-75)61-40-32-57(33-41-61)53-23-14-9-15-24-53)86-65-47-49-67(69(84)51-65)76-81-73(62-42-34-58(35-43-62)54-25-16-10-17-26-54)78-74(82-76)63-44-36-59(37-45-63)55-27-18-11-19-28-55/h8-19,21-28,30-51,70,83-84H,2-7,20,29H2,1H3. The van der Waals surface area contributed by atoms with Gasteiger partial charge in [-0.2, -0.15) is 0 Å². The molecular formula is C76H64N6O4. The maximum Gasteiger partial charge on any atom is 0.241 e. The van der Waals surface area contributed by atoms with Gasteiger partial charge in [0, 0.05) is 40.8 Å². The van der Waals surface area contributed by atoms with E-state index in [4.69, 9.17) is 39.4 Å². The molecule has 2 heterocycles. The van der Waals surface area contributed by atoms with E-state index in [1.807, 2.05) is 121 Å². The Morgan fingerprint density at radius 3 is 0.826 bits per heavy atom. The molecular weight excluding hydrogens is 1060 g/mol. The summed E-state index contributed by atoms with van der Waals surface area (Å²) in [5.41, 5.74) is 12.8. The van der Waals surface area contributed by atoms with Gasteiger partial charge in [0.25, 0.3) is 0 Å². The van der Waals surface area contributed by atoms with Crippen LogP contribution in [0.1, 0.15) is 58.3 Å². The van der Waals surface area contributed by atoms with Gasteiger partial charge in [0.2, 0.25) is 6.29 Å². The van der Waals surface area contributed by atoms with E-state index in [1.54, 1.807) is 36.4 Å². The highest BCUT2D eigenvalue weighted by molar-refractivity contribution is 5.76. The molecule has 0 aliphatic carbocycles. The lowest BCUT2D eigenvalue weighted by molar-refractivity contribution is -0.00265. The number of unbranched alkanes of at least 4 members (excludes halogenated alkanes) is 6. The largest absolute Gasteiger partial charge is 0.507 e. The SMILES string of the molecule is CCCCCCCCCC(Oc1ccc(-c2nc(-c3ccc(-c4ccccc4)cc3)nc(-c3ccc(-c4ccccc4)cc3)n2)c(O)c1)Oc1ccc(-c2nc(-c3ccc(-c4ccccc4)cc3)nc(-c3ccc(-c4ccccc4)cc3)n2)c(O)c1. The summed E-state index contributed by atoms with van der Waals surface area (Å²) in [5, 5.41) is 23.8.